The van der Waals surface area contributed by atoms with E-state index < -0.39 is 78.6 Å². The van der Waals surface area contributed by atoms with Gasteiger partial charge in [0.15, 0.2) is 23.7 Å². The van der Waals surface area contributed by atoms with Crippen LogP contribution in [0.5, 0.6) is 0 Å². The standard InChI is InChI=1S/C20H17Cl2NO7.C6H8O6/c21-11-5-3-6-12(22)16(11)23-13-7-2-1-4-10(13)8-15(25)29-9-14(24)19-17(26)18(27)20(28)30-19;7-1-2(8)5-3(9)4(10)6(11)12-5/h1-7,14,19,23-24,26-27H,8-9H2;2,5,7-10H,1H2/t14-,19+;2-,5+/m00/s1/i;6+2. The Kier molecular flexibility index (Phi) is 10.9. The highest BCUT2D eigenvalue weighted by Gasteiger charge is 2.40. The minimum Gasteiger partial charge on any atom is -0.505 e. The van der Waals surface area contributed by atoms with Crippen molar-refractivity contribution in [2.45, 2.75) is 30.8 Å². The third kappa shape index (κ3) is 7.54. The minimum atomic E-state index is -1.54. The molecule has 8 N–H and O–H groups in total. The van der Waals surface area contributed by atoms with Crippen LogP contribution in [0.2, 0.25) is 10.0 Å². The highest BCUT2D eigenvalue weighted by molar-refractivity contribution is 6.39. The summed E-state index contributed by atoms with van der Waals surface area (Å²) in [5.41, 5.74) is 1.66. The number of benzene rings is 2. The zero-order valence-corrected chi connectivity index (χ0v) is 22.8. The number of ether oxygens (including phenoxy) is 3. The third-order valence-electron chi connectivity index (χ3n) is 5.75. The highest BCUT2D eigenvalue weighted by Crippen LogP contribution is 2.33. The molecule has 0 saturated heterocycles. The molecule has 0 amide bonds. The first-order valence-electron chi connectivity index (χ1n) is 11.9. The van der Waals surface area contributed by atoms with Crippen molar-refractivity contribution in [1.29, 1.82) is 0 Å². The summed E-state index contributed by atoms with van der Waals surface area (Å²) in [6.45, 7) is -1.23. The van der Waals surface area contributed by atoms with Gasteiger partial charge in [0.2, 0.25) is 11.5 Å². The molecule has 16 heteroatoms. The fourth-order valence-electron chi connectivity index (χ4n) is 3.57. The molecule has 0 saturated carbocycles. The summed E-state index contributed by atoms with van der Waals surface area (Å²) in [4.78, 5) is 33.9. The van der Waals surface area contributed by atoms with Crippen molar-refractivity contribution in [3.05, 3.63) is 81.1 Å². The van der Waals surface area contributed by atoms with Crippen LogP contribution in [0.1, 0.15) is 5.56 Å². The maximum atomic E-state index is 12.2. The van der Waals surface area contributed by atoms with Crippen LogP contribution in [0.3, 0.4) is 0 Å². The molecule has 0 aromatic heterocycles. The van der Waals surface area contributed by atoms with Gasteiger partial charge in [0.25, 0.3) is 0 Å². The monoisotopic (exact) mass is 631 g/mol. The average Bonchev–Trinajstić information content (AvgIpc) is 3.38. The molecule has 2 aromatic rings. The van der Waals surface area contributed by atoms with Gasteiger partial charge in [0, 0.05) is 5.69 Å². The van der Waals surface area contributed by atoms with E-state index in [0.717, 1.165) is 0 Å². The van der Waals surface area contributed by atoms with Crippen LogP contribution in [0.4, 0.5) is 11.4 Å². The van der Waals surface area contributed by atoms with E-state index in [2.05, 4.69) is 14.8 Å². The first kappa shape index (κ1) is 32.3. The Morgan fingerprint density at radius 1 is 0.976 bits per heavy atom. The molecule has 0 spiro atoms. The van der Waals surface area contributed by atoms with Crippen LogP contribution in [0.15, 0.2) is 65.5 Å². The van der Waals surface area contributed by atoms with Crippen LogP contribution < -0.4 is 5.32 Å². The van der Waals surface area contributed by atoms with Gasteiger partial charge in [-0.3, -0.25) is 4.79 Å². The zero-order valence-electron chi connectivity index (χ0n) is 21.3. The normalized spacial score (nSPS) is 19.5. The van der Waals surface area contributed by atoms with Crippen molar-refractivity contribution in [3.8, 4) is 0 Å². The number of aliphatic hydroxyl groups excluding tert-OH is 7. The largest absolute Gasteiger partial charge is 0.505 e. The topological polar surface area (TPSA) is 233 Å². The smallest absolute Gasteiger partial charge is 0.377 e. The van der Waals surface area contributed by atoms with Gasteiger partial charge in [-0.15, -0.1) is 0 Å². The second-order valence-corrected chi connectivity index (χ2v) is 9.49. The number of carbonyl (C=O) groups is 3. The van der Waals surface area contributed by atoms with Crippen LogP contribution >= 0.6 is 23.2 Å². The summed E-state index contributed by atoms with van der Waals surface area (Å²) in [5, 5.41) is 67.8. The lowest BCUT2D eigenvalue weighted by Gasteiger charge is -2.18. The molecule has 42 heavy (non-hydrogen) atoms. The zero-order chi connectivity index (χ0) is 31.1. The minimum absolute atomic E-state index is 0.143. The Bertz CT molecular complexity index is 1390. The van der Waals surface area contributed by atoms with E-state index in [0.29, 0.717) is 27.0 Å². The van der Waals surface area contributed by atoms with E-state index in [1.807, 2.05) is 0 Å². The molecule has 4 rings (SSSR count). The summed E-state index contributed by atoms with van der Waals surface area (Å²) in [7, 11) is 0. The molecule has 0 bridgehead atoms. The number of rotatable bonds is 9. The van der Waals surface area contributed by atoms with Gasteiger partial charge in [-0.1, -0.05) is 47.5 Å². The number of anilines is 2. The third-order valence-corrected chi connectivity index (χ3v) is 6.38. The Morgan fingerprint density at radius 3 is 2.17 bits per heavy atom. The molecule has 2 aliphatic heterocycles. The van der Waals surface area contributed by atoms with Crippen molar-refractivity contribution in [2.24, 2.45) is 0 Å². The fraction of sp³-hybridized carbons (Fsp3) is 0.269. The summed E-state index contributed by atoms with van der Waals surface area (Å²) in [6, 6.07) is 12.0. The predicted octanol–water partition coefficient (Wildman–Crippen LogP) is 2.03. The van der Waals surface area contributed by atoms with Crippen molar-refractivity contribution >= 4 is 52.5 Å². The Morgan fingerprint density at radius 2 is 1.62 bits per heavy atom. The molecule has 4 atom stereocenters. The fourth-order valence-corrected chi connectivity index (χ4v) is 4.06. The number of para-hydroxylation sites is 2. The van der Waals surface area contributed by atoms with Crippen LogP contribution in [-0.2, 0) is 35.0 Å². The van der Waals surface area contributed by atoms with Gasteiger partial charge in [-0.05, 0) is 23.8 Å². The lowest BCUT2D eigenvalue weighted by Crippen LogP contribution is -2.33. The Hall–Kier alpha value is -4.21. The summed E-state index contributed by atoms with van der Waals surface area (Å²) >= 11 is 12.3. The summed E-state index contributed by atoms with van der Waals surface area (Å²) < 4.78 is 13.9. The molecule has 0 unspecified atom stereocenters. The van der Waals surface area contributed by atoms with E-state index in [9.17, 15) is 29.7 Å². The van der Waals surface area contributed by atoms with Gasteiger partial charge < -0.3 is 55.3 Å². The Labute approximate surface area is 247 Å². The lowest BCUT2D eigenvalue weighted by atomic mass is 10.1. The SMILES string of the molecule is O=C(Cc1ccccc1Nc1c(Cl)cccc1Cl)OC[C@H](O)[C@H]1OC(=O)C(O)=C1O.O=[14C]1O[C@H]([C@@H](O)CO)C(O)=C1O. The van der Waals surface area contributed by atoms with Gasteiger partial charge in [0.1, 0.15) is 18.8 Å². The number of cyclic esters (lactones) is 2. The van der Waals surface area contributed by atoms with Crippen molar-refractivity contribution in [3.63, 3.8) is 0 Å². The quantitative estimate of drug-likeness (QED) is 0.146. The van der Waals surface area contributed by atoms with Crippen LogP contribution in [-0.4, -0.2) is 91.3 Å². The molecule has 0 fully saturated rings. The van der Waals surface area contributed by atoms with E-state index in [1.54, 1.807) is 42.5 Å². The molecule has 14 nitrogen and oxygen atoms in total. The van der Waals surface area contributed by atoms with Crippen molar-refractivity contribution < 1.29 is 64.3 Å². The van der Waals surface area contributed by atoms with E-state index in [4.69, 9.17) is 48.4 Å². The van der Waals surface area contributed by atoms with Gasteiger partial charge in [-0.2, -0.15) is 0 Å². The Balaban J connectivity index is 0.000000337. The summed E-state index contributed by atoms with van der Waals surface area (Å²) in [5.74, 6) is -6.41. The second-order valence-electron chi connectivity index (χ2n) is 8.68. The maximum absolute atomic E-state index is 12.2. The van der Waals surface area contributed by atoms with Gasteiger partial charge in [-0.25, -0.2) is 9.59 Å². The lowest BCUT2D eigenvalue weighted by molar-refractivity contribution is -0.154. The van der Waals surface area contributed by atoms with E-state index in [-0.39, 0.29) is 6.42 Å². The number of hydrogen-bond donors (Lipinski definition) is 8. The van der Waals surface area contributed by atoms with Crippen molar-refractivity contribution in [1.82, 2.24) is 0 Å². The average molecular weight is 632 g/mol. The number of nitrogens with one attached hydrogen (secondary N) is 1. The molecular formula is C26H25Cl2NO13. The van der Waals surface area contributed by atoms with Crippen LogP contribution in [0, 0.1) is 0 Å². The van der Waals surface area contributed by atoms with E-state index in [1.165, 1.54) is 0 Å². The maximum Gasteiger partial charge on any atom is 0.377 e. The number of esters is 3. The first-order chi connectivity index (χ1) is 19.8. The molecule has 2 aromatic carbocycles. The van der Waals surface area contributed by atoms with E-state index >= 15 is 0 Å². The number of hydrogen-bond acceptors (Lipinski definition) is 14. The second kappa shape index (κ2) is 14.1. The summed E-state index contributed by atoms with van der Waals surface area (Å²) in [6.07, 6.45) is -5.96. The first-order valence-corrected chi connectivity index (χ1v) is 12.7. The highest BCUT2D eigenvalue weighted by atomic mass is 35.5. The number of aliphatic hydroxyl groups is 7. The number of halogens is 2. The molecule has 2 aliphatic rings. The van der Waals surface area contributed by atoms with Gasteiger partial charge in [0.05, 0.1) is 28.8 Å². The molecule has 2 heterocycles. The number of carbonyl (C=O) groups excluding carboxylic acids is 3. The molecule has 0 aliphatic carbocycles. The van der Waals surface area contributed by atoms with Crippen molar-refractivity contribution in [2.75, 3.05) is 18.5 Å². The molecule has 226 valence electrons. The predicted molar refractivity (Wildman–Crippen MR) is 144 cm³/mol. The molecular weight excluding hydrogens is 607 g/mol. The molecule has 0 radical (unpaired) electrons. The van der Waals surface area contributed by atoms with Crippen LogP contribution in [0.25, 0.3) is 0 Å². The van der Waals surface area contributed by atoms with Gasteiger partial charge >= 0.3 is 17.9 Å².